The van der Waals surface area contributed by atoms with Crippen LogP contribution in [0.3, 0.4) is 0 Å². The molecule has 0 spiro atoms. The average molecular weight is 485 g/mol. The summed E-state index contributed by atoms with van der Waals surface area (Å²) in [5.74, 6) is -0.0454. The van der Waals surface area contributed by atoms with Gasteiger partial charge in [-0.15, -0.1) is 0 Å². The van der Waals surface area contributed by atoms with E-state index in [1.54, 1.807) is 11.1 Å². The van der Waals surface area contributed by atoms with Gasteiger partial charge in [0.15, 0.2) is 0 Å². The summed E-state index contributed by atoms with van der Waals surface area (Å²) in [6.45, 7) is 5.22. The van der Waals surface area contributed by atoms with Gasteiger partial charge in [0.25, 0.3) is 5.91 Å². The number of piperazine rings is 1. The van der Waals surface area contributed by atoms with E-state index in [1.807, 2.05) is 79.1 Å². The Morgan fingerprint density at radius 1 is 1.06 bits per heavy atom. The molecule has 1 atom stereocenters. The summed E-state index contributed by atoms with van der Waals surface area (Å²) in [5, 5.41) is 12.5. The van der Waals surface area contributed by atoms with Crippen LogP contribution in [0.2, 0.25) is 0 Å². The average Bonchev–Trinajstić information content (AvgIpc) is 3.20. The van der Waals surface area contributed by atoms with Crippen LogP contribution < -0.4 is 10.1 Å². The summed E-state index contributed by atoms with van der Waals surface area (Å²) in [6, 6.07) is 19.1. The summed E-state index contributed by atoms with van der Waals surface area (Å²) >= 11 is 0. The molecule has 0 aliphatic carbocycles. The molecule has 1 fully saturated rings. The highest BCUT2D eigenvalue weighted by Crippen LogP contribution is 2.39. The lowest BCUT2D eigenvalue weighted by molar-refractivity contribution is -0.137. The van der Waals surface area contributed by atoms with Gasteiger partial charge in [-0.2, -0.15) is 0 Å². The van der Waals surface area contributed by atoms with Gasteiger partial charge in [-0.1, -0.05) is 36.4 Å². The maximum atomic E-state index is 14.1. The van der Waals surface area contributed by atoms with Gasteiger partial charge in [-0.3, -0.25) is 19.1 Å². The third-order valence-electron chi connectivity index (χ3n) is 6.48. The first-order chi connectivity index (χ1) is 17.4. The number of carboxylic acids is 1. The molecule has 8 heteroatoms. The second-order valence-electron chi connectivity index (χ2n) is 9.05. The van der Waals surface area contributed by atoms with E-state index in [-0.39, 0.29) is 18.4 Å². The Kier molecular flexibility index (Phi) is 6.43. The Balaban J connectivity index is 1.69. The van der Waals surface area contributed by atoms with Gasteiger partial charge in [-0.25, -0.2) is 0 Å². The third-order valence-corrected chi connectivity index (χ3v) is 6.48. The molecule has 1 saturated heterocycles. The van der Waals surface area contributed by atoms with Crippen molar-refractivity contribution in [1.29, 1.82) is 0 Å². The van der Waals surface area contributed by atoms with E-state index in [9.17, 15) is 14.7 Å². The van der Waals surface area contributed by atoms with Crippen molar-refractivity contribution in [3.63, 3.8) is 0 Å². The number of ether oxygens (including phenoxy) is 1. The monoisotopic (exact) mass is 484 g/mol. The molecule has 1 amide bonds. The van der Waals surface area contributed by atoms with Crippen molar-refractivity contribution in [2.45, 2.75) is 26.3 Å². The first-order valence-electron chi connectivity index (χ1n) is 12.0. The maximum absolute atomic E-state index is 14.1. The number of nitrogens with zero attached hydrogens (tertiary/aromatic N) is 3. The predicted octanol–water partition coefficient (Wildman–Crippen LogP) is 4.32. The van der Waals surface area contributed by atoms with E-state index in [2.05, 4.69) is 10.3 Å². The Hall–Kier alpha value is -4.17. The Labute approximate surface area is 209 Å². The number of benzene rings is 2. The van der Waals surface area contributed by atoms with Gasteiger partial charge < -0.3 is 20.1 Å². The molecule has 5 rings (SSSR count). The predicted molar refractivity (Wildman–Crippen MR) is 137 cm³/mol. The van der Waals surface area contributed by atoms with Gasteiger partial charge >= 0.3 is 5.97 Å². The van der Waals surface area contributed by atoms with Crippen LogP contribution in [0.5, 0.6) is 11.6 Å². The number of para-hydroxylation sites is 2. The molecular formula is C28H28N4O4. The molecule has 2 aromatic carbocycles. The number of aliphatic carboxylic acids is 1. The second kappa shape index (κ2) is 9.83. The molecule has 36 heavy (non-hydrogen) atoms. The fourth-order valence-electron chi connectivity index (χ4n) is 4.79. The molecule has 8 nitrogen and oxygen atoms in total. The van der Waals surface area contributed by atoms with Crippen LogP contribution in [-0.4, -0.2) is 57.1 Å². The minimum atomic E-state index is -0.900. The molecule has 0 saturated carbocycles. The Morgan fingerprint density at radius 3 is 2.53 bits per heavy atom. The van der Waals surface area contributed by atoms with Crippen molar-refractivity contribution >= 4 is 22.9 Å². The van der Waals surface area contributed by atoms with Gasteiger partial charge in [-0.05, 0) is 49.2 Å². The molecule has 1 aliphatic heterocycles. The number of amides is 1. The van der Waals surface area contributed by atoms with Crippen LogP contribution >= 0.6 is 0 Å². The minimum Gasteiger partial charge on any atom is -0.481 e. The largest absolute Gasteiger partial charge is 0.481 e. The highest BCUT2D eigenvalue weighted by Gasteiger charge is 2.33. The van der Waals surface area contributed by atoms with Crippen LogP contribution in [0.1, 0.15) is 27.9 Å². The zero-order valence-electron chi connectivity index (χ0n) is 20.3. The van der Waals surface area contributed by atoms with E-state index in [0.29, 0.717) is 42.3 Å². The van der Waals surface area contributed by atoms with E-state index >= 15 is 0 Å². The number of aromatic nitrogens is 2. The van der Waals surface area contributed by atoms with Gasteiger partial charge in [0.1, 0.15) is 16.8 Å². The summed E-state index contributed by atoms with van der Waals surface area (Å²) in [4.78, 5) is 31.7. The second-order valence-corrected chi connectivity index (χ2v) is 9.05. The van der Waals surface area contributed by atoms with Crippen molar-refractivity contribution in [2.24, 2.45) is 0 Å². The van der Waals surface area contributed by atoms with Crippen molar-refractivity contribution < 1.29 is 19.4 Å². The van der Waals surface area contributed by atoms with Crippen molar-refractivity contribution in [3.05, 3.63) is 83.6 Å². The molecule has 3 heterocycles. The zero-order chi connectivity index (χ0) is 25.2. The normalized spacial score (nSPS) is 15.7. The molecular weight excluding hydrogens is 456 g/mol. The minimum absolute atomic E-state index is 0.0560. The molecule has 2 N–H and O–H groups in total. The van der Waals surface area contributed by atoms with Crippen molar-refractivity contribution in [2.75, 3.05) is 19.6 Å². The number of aryl methyl sites for hydroxylation is 2. The van der Waals surface area contributed by atoms with E-state index in [1.165, 1.54) is 0 Å². The Morgan fingerprint density at radius 2 is 1.81 bits per heavy atom. The lowest BCUT2D eigenvalue weighted by atomic mass is 10.1. The third kappa shape index (κ3) is 4.43. The molecule has 1 aliphatic rings. The molecule has 4 aromatic rings. The Bertz CT molecular complexity index is 1410. The smallest absolute Gasteiger partial charge is 0.304 e. The summed E-state index contributed by atoms with van der Waals surface area (Å²) in [7, 11) is 0. The summed E-state index contributed by atoms with van der Waals surface area (Å²) < 4.78 is 8.54. The number of nitrogens with one attached hydrogen (secondary N) is 1. The van der Waals surface area contributed by atoms with Crippen LogP contribution in [0.15, 0.2) is 66.9 Å². The summed E-state index contributed by atoms with van der Waals surface area (Å²) in [5.41, 5.74) is 4.42. The SMILES string of the molecule is Cc1cccc(C)c1Oc1c(C(=O)N2CCNC(CC(=O)O)C2)c2ncccc2n1-c1ccccc1. The van der Waals surface area contributed by atoms with Crippen molar-refractivity contribution in [3.8, 4) is 17.3 Å². The molecule has 0 bridgehead atoms. The van der Waals surface area contributed by atoms with Crippen molar-refractivity contribution in [1.82, 2.24) is 19.8 Å². The molecule has 0 radical (unpaired) electrons. The highest BCUT2D eigenvalue weighted by molar-refractivity contribution is 6.09. The topological polar surface area (TPSA) is 96.7 Å². The van der Waals surface area contributed by atoms with Crippen LogP contribution in [0.4, 0.5) is 0 Å². The number of carbonyl (C=O) groups is 2. The van der Waals surface area contributed by atoms with Gasteiger partial charge in [0.2, 0.25) is 5.88 Å². The quantitative estimate of drug-likeness (QED) is 0.423. The van der Waals surface area contributed by atoms with E-state index in [4.69, 9.17) is 4.74 Å². The first-order valence-corrected chi connectivity index (χ1v) is 12.0. The molecule has 1 unspecified atom stereocenters. The number of pyridine rings is 1. The lowest BCUT2D eigenvalue weighted by Crippen LogP contribution is -2.53. The zero-order valence-corrected chi connectivity index (χ0v) is 20.3. The number of fused-ring (bicyclic) bond motifs is 1. The van der Waals surface area contributed by atoms with Crippen LogP contribution in [-0.2, 0) is 4.79 Å². The molecule has 184 valence electrons. The van der Waals surface area contributed by atoms with Crippen LogP contribution in [0, 0.1) is 13.8 Å². The summed E-state index contributed by atoms with van der Waals surface area (Å²) in [6.07, 6.45) is 1.61. The number of carboxylic acid groups (broad SMARTS) is 1. The first kappa shape index (κ1) is 23.6. The highest BCUT2D eigenvalue weighted by atomic mass is 16.5. The fourth-order valence-corrected chi connectivity index (χ4v) is 4.79. The number of carbonyl (C=O) groups excluding carboxylic acids is 1. The molecule has 2 aromatic heterocycles. The van der Waals surface area contributed by atoms with Gasteiger partial charge in [0.05, 0.1) is 11.9 Å². The fraction of sp³-hybridized carbons (Fsp3) is 0.250. The van der Waals surface area contributed by atoms with Gasteiger partial charge in [0, 0.05) is 37.6 Å². The number of rotatable bonds is 6. The standard InChI is InChI=1S/C28H28N4O4/c1-18-8-6-9-19(2)26(18)36-28-24(27(35)31-15-14-29-20(17-31)16-23(33)34)25-22(12-7-13-30-25)32(28)21-10-4-3-5-11-21/h3-13,20,29H,14-17H2,1-2H3,(H,33,34). The van der Waals surface area contributed by atoms with Crippen LogP contribution in [0.25, 0.3) is 16.7 Å². The number of hydrogen-bond acceptors (Lipinski definition) is 5. The van der Waals surface area contributed by atoms with E-state index < -0.39 is 5.97 Å². The van der Waals surface area contributed by atoms with E-state index in [0.717, 1.165) is 22.3 Å². The number of hydrogen-bond donors (Lipinski definition) is 2. The maximum Gasteiger partial charge on any atom is 0.304 e. The lowest BCUT2D eigenvalue weighted by Gasteiger charge is -2.33.